The molecule has 1 aliphatic rings. The van der Waals surface area contributed by atoms with Gasteiger partial charge in [0.05, 0.1) is 0 Å². The van der Waals surface area contributed by atoms with Crippen LogP contribution in [0.5, 0.6) is 0 Å². The summed E-state index contributed by atoms with van der Waals surface area (Å²) in [5.41, 5.74) is 5.65. The van der Waals surface area contributed by atoms with Crippen molar-refractivity contribution in [1.29, 1.82) is 0 Å². The molecule has 100 valence electrons. The minimum atomic E-state index is 0.159. The van der Waals surface area contributed by atoms with Crippen molar-refractivity contribution in [2.75, 3.05) is 6.54 Å². The molecule has 0 saturated heterocycles. The molecule has 3 nitrogen and oxygen atoms in total. The lowest BCUT2D eigenvalue weighted by Crippen LogP contribution is -2.33. The van der Waals surface area contributed by atoms with E-state index in [4.69, 9.17) is 5.73 Å². The first kappa shape index (κ1) is 14.5. The third-order valence-electron chi connectivity index (χ3n) is 3.76. The van der Waals surface area contributed by atoms with Crippen molar-refractivity contribution in [2.45, 2.75) is 64.8 Å². The summed E-state index contributed by atoms with van der Waals surface area (Å²) in [4.78, 5) is 11.8. The van der Waals surface area contributed by atoms with Gasteiger partial charge in [0.1, 0.15) is 0 Å². The Bertz CT molecular complexity index is 222. The van der Waals surface area contributed by atoms with Gasteiger partial charge in [-0.3, -0.25) is 4.79 Å². The predicted molar refractivity (Wildman–Crippen MR) is 71.6 cm³/mol. The van der Waals surface area contributed by atoms with E-state index in [1.807, 2.05) is 6.92 Å². The van der Waals surface area contributed by atoms with Crippen molar-refractivity contribution in [1.82, 2.24) is 5.32 Å². The fourth-order valence-electron chi connectivity index (χ4n) is 2.63. The van der Waals surface area contributed by atoms with Crippen LogP contribution in [0.1, 0.15) is 58.8 Å². The van der Waals surface area contributed by atoms with Gasteiger partial charge in [0.25, 0.3) is 0 Å². The number of hydrogen-bond donors (Lipinski definition) is 2. The fraction of sp³-hybridized carbons (Fsp3) is 0.929. The van der Waals surface area contributed by atoms with Gasteiger partial charge in [0.15, 0.2) is 0 Å². The highest BCUT2D eigenvalue weighted by Gasteiger charge is 2.20. The van der Waals surface area contributed by atoms with E-state index in [9.17, 15) is 4.79 Å². The van der Waals surface area contributed by atoms with Gasteiger partial charge < -0.3 is 11.1 Å². The minimum Gasteiger partial charge on any atom is -0.356 e. The first-order valence-electron chi connectivity index (χ1n) is 7.13. The molecule has 0 aromatic carbocycles. The van der Waals surface area contributed by atoms with Crippen LogP contribution in [0, 0.1) is 11.8 Å². The average Bonchev–Trinajstić information content (AvgIpc) is 2.29. The van der Waals surface area contributed by atoms with Crippen molar-refractivity contribution < 1.29 is 4.79 Å². The van der Waals surface area contributed by atoms with Crippen LogP contribution in [0.2, 0.25) is 0 Å². The van der Waals surface area contributed by atoms with Crippen LogP contribution in [0.4, 0.5) is 0 Å². The Kier molecular flexibility index (Phi) is 6.56. The molecule has 0 heterocycles. The molecule has 1 fully saturated rings. The Morgan fingerprint density at radius 3 is 2.53 bits per heavy atom. The molecular formula is C14H28N2O. The van der Waals surface area contributed by atoms with E-state index < -0.39 is 0 Å². The molecule has 1 saturated carbocycles. The summed E-state index contributed by atoms with van der Waals surface area (Å²) >= 11 is 0. The Morgan fingerprint density at radius 1 is 1.29 bits per heavy atom. The zero-order valence-electron chi connectivity index (χ0n) is 11.4. The summed E-state index contributed by atoms with van der Waals surface area (Å²) in [6.45, 7) is 4.74. The Hall–Kier alpha value is -0.570. The van der Waals surface area contributed by atoms with E-state index in [1.54, 1.807) is 0 Å². The zero-order chi connectivity index (χ0) is 12.7. The van der Waals surface area contributed by atoms with Gasteiger partial charge in [0, 0.05) is 18.5 Å². The normalized spacial score (nSPS) is 20.9. The fourth-order valence-corrected chi connectivity index (χ4v) is 2.63. The molecule has 0 spiro atoms. The highest BCUT2D eigenvalue weighted by Crippen LogP contribution is 2.28. The topological polar surface area (TPSA) is 55.1 Å². The van der Waals surface area contributed by atoms with E-state index in [0.717, 1.165) is 18.8 Å². The molecule has 1 amide bonds. The first-order valence-corrected chi connectivity index (χ1v) is 7.13. The van der Waals surface area contributed by atoms with Gasteiger partial charge in [-0.05, 0) is 25.7 Å². The maximum Gasteiger partial charge on any atom is 0.222 e. The molecular weight excluding hydrogens is 212 g/mol. The van der Waals surface area contributed by atoms with Crippen LogP contribution in [-0.2, 0) is 4.79 Å². The monoisotopic (exact) mass is 240 g/mol. The molecule has 1 aliphatic carbocycles. The Morgan fingerprint density at radius 2 is 1.94 bits per heavy atom. The SMILES string of the molecule is CC(N)CCNC(=O)C(C)CC1CCCCC1. The maximum absolute atomic E-state index is 11.8. The van der Waals surface area contributed by atoms with E-state index in [-0.39, 0.29) is 17.9 Å². The Labute approximate surface area is 106 Å². The lowest BCUT2D eigenvalue weighted by molar-refractivity contribution is -0.125. The summed E-state index contributed by atoms with van der Waals surface area (Å²) in [5.74, 6) is 1.14. The average molecular weight is 240 g/mol. The van der Waals surface area contributed by atoms with Gasteiger partial charge >= 0.3 is 0 Å². The number of hydrogen-bond acceptors (Lipinski definition) is 2. The third kappa shape index (κ3) is 6.06. The summed E-state index contributed by atoms with van der Waals surface area (Å²) in [5, 5.41) is 2.98. The number of rotatable bonds is 6. The van der Waals surface area contributed by atoms with Crippen LogP contribution in [-0.4, -0.2) is 18.5 Å². The van der Waals surface area contributed by atoms with Crippen LogP contribution in [0.3, 0.4) is 0 Å². The summed E-state index contributed by atoms with van der Waals surface area (Å²) < 4.78 is 0. The van der Waals surface area contributed by atoms with Crippen molar-refractivity contribution in [3.8, 4) is 0 Å². The minimum absolute atomic E-state index is 0.159. The van der Waals surface area contributed by atoms with Crippen LogP contribution in [0.15, 0.2) is 0 Å². The van der Waals surface area contributed by atoms with Gasteiger partial charge in [0.2, 0.25) is 5.91 Å². The van der Waals surface area contributed by atoms with Crippen molar-refractivity contribution in [2.24, 2.45) is 17.6 Å². The maximum atomic E-state index is 11.8. The summed E-state index contributed by atoms with van der Waals surface area (Å²) in [6, 6.07) is 0.170. The largest absolute Gasteiger partial charge is 0.356 e. The quantitative estimate of drug-likeness (QED) is 0.749. The number of nitrogens with two attached hydrogens (primary N) is 1. The second-order valence-corrected chi connectivity index (χ2v) is 5.70. The summed E-state index contributed by atoms with van der Waals surface area (Å²) in [7, 11) is 0. The van der Waals surface area contributed by atoms with Crippen LogP contribution >= 0.6 is 0 Å². The standard InChI is InChI=1S/C14H28N2O/c1-11(10-13-6-4-3-5-7-13)14(17)16-9-8-12(2)15/h11-13H,3-10,15H2,1-2H3,(H,16,17). The molecule has 1 rings (SSSR count). The highest BCUT2D eigenvalue weighted by molar-refractivity contribution is 5.78. The smallest absolute Gasteiger partial charge is 0.222 e. The second kappa shape index (κ2) is 7.70. The molecule has 2 unspecified atom stereocenters. The second-order valence-electron chi connectivity index (χ2n) is 5.70. The number of amides is 1. The molecule has 0 radical (unpaired) electrons. The highest BCUT2D eigenvalue weighted by atomic mass is 16.1. The van der Waals surface area contributed by atoms with Gasteiger partial charge in [-0.25, -0.2) is 0 Å². The van der Waals surface area contributed by atoms with Gasteiger partial charge in [-0.2, -0.15) is 0 Å². The molecule has 2 atom stereocenters. The molecule has 3 heteroatoms. The van der Waals surface area contributed by atoms with E-state index in [1.165, 1.54) is 32.1 Å². The van der Waals surface area contributed by atoms with Crippen molar-refractivity contribution in [3.63, 3.8) is 0 Å². The molecule has 0 bridgehead atoms. The molecule has 0 aromatic heterocycles. The van der Waals surface area contributed by atoms with Crippen LogP contribution in [0.25, 0.3) is 0 Å². The summed E-state index contributed by atoms with van der Waals surface area (Å²) in [6.07, 6.45) is 8.64. The van der Waals surface area contributed by atoms with Gasteiger partial charge in [-0.1, -0.05) is 39.0 Å². The number of nitrogens with one attached hydrogen (secondary N) is 1. The van der Waals surface area contributed by atoms with Crippen LogP contribution < -0.4 is 11.1 Å². The van der Waals surface area contributed by atoms with Gasteiger partial charge in [-0.15, -0.1) is 0 Å². The van der Waals surface area contributed by atoms with E-state index in [0.29, 0.717) is 6.54 Å². The third-order valence-corrected chi connectivity index (χ3v) is 3.76. The van der Waals surface area contributed by atoms with Crippen molar-refractivity contribution >= 4 is 5.91 Å². The molecule has 0 aliphatic heterocycles. The number of carbonyl (C=O) groups is 1. The lowest BCUT2D eigenvalue weighted by atomic mass is 9.83. The van der Waals surface area contributed by atoms with Crippen molar-refractivity contribution in [3.05, 3.63) is 0 Å². The molecule has 3 N–H and O–H groups in total. The van der Waals surface area contributed by atoms with E-state index in [2.05, 4.69) is 12.2 Å². The first-order chi connectivity index (χ1) is 8.09. The molecule has 0 aromatic rings. The van der Waals surface area contributed by atoms with E-state index >= 15 is 0 Å². The zero-order valence-corrected chi connectivity index (χ0v) is 11.4. The number of carbonyl (C=O) groups excluding carboxylic acids is 1. The Balaban J connectivity index is 2.16. The predicted octanol–water partition coefficient (Wildman–Crippen LogP) is 2.45. The lowest BCUT2D eigenvalue weighted by Gasteiger charge is -2.24. The molecule has 17 heavy (non-hydrogen) atoms.